The van der Waals surface area contributed by atoms with Crippen molar-refractivity contribution < 1.29 is 8.42 Å². The van der Waals surface area contributed by atoms with Crippen LogP contribution in [-0.4, -0.2) is 36.0 Å². The van der Waals surface area contributed by atoms with E-state index in [9.17, 15) is 8.42 Å². The molecule has 1 heterocycles. The van der Waals surface area contributed by atoms with Crippen molar-refractivity contribution >= 4 is 10.0 Å². The second kappa shape index (κ2) is 5.44. The second-order valence-electron chi connectivity index (χ2n) is 3.58. The fourth-order valence-corrected chi connectivity index (χ4v) is 3.14. The highest BCUT2D eigenvalue weighted by atomic mass is 32.2. The van der Waals surface area contributed by atoms with Gasteiger partial charge in [-0.1, -0.05) is 13.0 Å². The first-order valence-corrected chi connectivity index (χ1v) is 6.78. The molecule has 0 aliphatic carbocycles. The summed E-state index contributed by atoms with van der Waals surface area (Å²) in [5, 5.41) is 6.51. The molecule has 96 valence electrons. The fourth-order valence-electron chi connectivity index (χ4n) is 1.55. The Kier molecular flexibility index (Phi) is 4.44. The smallest absolute Gasteiger partial charge is 0.262 e. The van der Waals surface area contributed by atoms with Crippen LogP contribution in [0, 0.1) is 6.92 Å². The maximum absolute atomic E-state index is 12.3. The van der Waals surface area contributed by atoms with Crippen LogP contribution in [0.4, 0.5) is 0 Å². The number of nitrogens with zero attached hydrogens (tertiary/aromatic N) is 2. The highest BCUT2D eigenvalue weighted by Crippen LogP contribution is 2.19. The van der Waals surface area contributed by atoms with Crippen molar-refractivity contribution in [3.63, 3.8) is 0 Å². The van der Waals surface area contributed by atoms with Gasteiger partial charge in [-0.2, -0.15) is 9.40 Å². The minimum absolute atomic E-state index is 0.0150. The molecule has 0 aromatic carbocycles. The number of sulfonamides is 1. The third-order valence-corrected chi connectivity index (χ3v) is 4.42. The molecule has 0 saturated heterocycles. The van der Waals surface area contributed by atoms with Crippen molar-refractivity contribution in [2.24, 2.45) is 5.73 Å². The molecule has 0 bridgehead atoms. The minimum Gasteiger partial charge on any atom is -0.326 e. The van der Waals surface area contributed by atoms with E-state index in [2.05, 4.69) is 16.8 Å². The number of hydrogen-bond acceptors (Lipinski definition) is 4. The molecular formula is C10H18N4O2S. The molecule has 0 aliphatic rings. The third-order valence-electron chi connectivity index (χ3n) is 2.51. The molecule has 0 amide bonds. The minimum atomic E-state index is -3.60. The molecule has 1 aromatic rings. The van der Waals surface area contributed by atoms with E-state index in [4.69, 9.17) is 5.73 Å². The van der Waals surface area contributed by atoms with E-state index in [1.807, 2.05) is 0 Å². The lowest BCUT2D eigenvalue weighted by molar-refractivity contribution is 0.456. The van der Waals surface area contributed by atoms with Crippen LogP contribution in [0.2, 0.25) is 0 Å². The van der Waals surface area contributed by atoms with E-state index in [0.29, 0.717) is 17.8 Å². The van der Waals surface area contributed by atoms with Gasteiger partial charge in [0.15, 0.2) is 5.03 Å². The first-order chi connectivity index (χ1) is 7.98. The van der Waals surface area contributed by atoms with E-state index in [1.165, 1.54) is 4.31 Å². The summed E-state index contributed by atoms with van der Waals surface area (Å²) in [6.07, 6.45) is 1.54. The lowest BCUT2D eigenvalue weighted by atomic mass is 10.3. The van der Waals surface area contributed by atoms with Crippen molar-refractivity contribution in [3.05, 3.63) is 23.9 Å². The summed E-state index contributed by atoms with van der Waals surface area (Å²) >= 11 is 0. The van der Waals surface area contributed by atoms with Gasteiger partial charge in [-0.25, -0.2) is 8.42 Å². The molecule has 0 saturated carbocycles. The Bertz CT molecular complexity index is 492. The van der Waals surface area contributed by atoms with E-state index in [0.717, 1.165) is 0 Å². The van der Waals surface area contributed by atoms with Crippen molar-refractivity contribution in [2.75, 3.05) is 13.1 Å². The Morgan fingerprint density at radius 3 is 2.71 bits per heavy atom. The Balaban J connectivity index is 3.24. The Morgan fingerprint density at radius 2 is 2.24 bits per heavy atom. The summed E-state index contributed by atoms with van der Waals surface area (Å²) in [7, 11) is -3.60. The zero-order chi connectivity index (χ0) is 13.1. The summed E-state index contributed by atoms with van der Waals surface area (Å²) in [4.78, 5) is 0. The number of H-pyrrole nitrogens is 1. The maximum atomic E-state index is 12.3. The van der Waals surface area contributed by atoms with Crippen molar-refractivity contribution in [1.29, 1.82) is 0 Å². The summed E-state index contributed by atoms with van der Waals surface area (Å²) < 4.78 is 25.9. The first kappa shape index (κ1) is 13.9. The van der Waals surface area contributed by atoms with Gasteiger partial charge in [0.1, 0.15) is 0 Å². The maximum Gasteiger partial charge on any atom is 0.262 e. The molecule has 7 heteroatoms. The number of aryl methyl sites for hydroxylation is 1. The fraction of sp³-hybridized carbons (Fsp3) is 0.500. The number of rotatable bonds is 6. The number of hydrogen-bond donors (Lipinski definition) is 2. The van der Waals surface area contributed by atoms with E-state index in [1.54, 1.807) is 19.9 Å². The van der Waals surface area contributed by atoms with Gasteiger partial charge in [0.05, 0.1) is 0 Å². The van der Waals surface area contributed by atoms with Crippen molar-refractivity contribution in [1.82, 2.24) is 14.5 Å². The van der Waals surface area contributed by atoms with Gasteiger partial charge in [-0.3, -0.25) is 5.10 Å². The van der Waals surface area contributed by atoms with Crippen LogP contribution in [0.25, 0.3) is 0 Å². The Morgan fingerprint density at radius 1 is 1.59 bits per heavy atom. The molecule has 0 radical (unpaired) electrons. The molecule has 6 nitrogen and oxygen atoms in total. The van der Waals surface area contributed by atoms with Gasteiger partial charge in [0.2, 0.25) is 0 Å². The van der Waals surface area contributed by atoms with Gasteiger partial charge >= 0.3 is 0 Å². The van der Waals surface area contributed by atoms with Crippen LogP contribution in [0.3, 0.4) is 0 Å². The standard InChI is InChI=1S/C10H18N4O2S/c1-4-6-14(5-2)17(15,16)10-9(7-11)8(3)12-13-10/h4H,1,5-7,11H2,2-3H3,(H,12,13). The molecule has 0 spiro atoms. The van der Waals surface area contributed by atoms with Crippen molar-refractivity contribution in [3.8, 4) is 0 Å². The summed E-state index contributed by atoms with van der Waals surface area (Å²) in [5.74, 6) is 0. The Hall–Kier alpha value is -1.18. The zero-order valence-electron chi connectivity index (χ0n) is 10.1. The number of nitrogens with two attached hydrogens (primary N) is 1. The highest BCUT2D eigenvalue weighted by molar-refractivity contribution is 7.89. The molecule has 1 rings (SSSR count). The predicted molar refractivity (Wildman–Crippen MR) is 65.8 cm³/mol. The lowest BCUT2D eigenvalue weighted by Crippen LogP contribution is -2.32. The van der Waals surface area contributed by atoms with Crippen LogP contribution >= 0.6 is 0 Å². The first-order valence-electron chi connectivity index (χ1n) is 5.34. The molecule has 0 fully saturated rings. The predicted octanol–water partition coefficient (Wildman–Crippen LogP) is 0.373. The summed E-state index contributed by atoms with van der Waals surface area (Å²) in [6.45, 7) is 7.82. The van der Waals surface area contributed by atoms with E-state index < -0.39 is 10.0 Å². The van der Waals surface area contributed by atoms with E-state index in [-0.39, 0.29) is 18.1 Å². The van der Waals surface area contributed by atoms with Crippen LogP contribution < -0.4 is 5.73 Å². The SMILES string of the molecule is C=CCN(CC)S(=O)(=O)c1n[nH]c(C)c1CN. The molecule has 1 aromatic heterocycles. The highest BCUT2D eigenvalue weighted by Gasteiger charge is 2.28. The topological polar surface area (TPSA) is 92.1 Å². The monoisotopic (exact) mass is 258 g/mol. The number of likely N-dealkylation sites (N-methyl/N-ethyl adjacent to an activating group) is 1. The van der Waals surface area contributed by atoms with Crippen LogP contribution in [0.15, 0.2) is 17.7 Å². The van der Waals surface area contributed by atoms with Crippen LogP contribution in [0.1, 0.15) is 18.2 Å². The number of nitrogens with one attached hydrogen (secondary N) is 1. The molecule has 17 heavy (non-hydrogen) atoms. The van der Waals surface area contributed by atoms with Gasteiger partial charge in [0, 0.05) is 30.9 Å². The van der Waals surface area contributed by atoms with Crippen molar-refractivity contribution in [2.45, 2.75) is 25.4 Å². The average Bonchev–Trinajstić information content (AvgIpc) is 2.67. The Labute approximate surface area is 102 Å². The number of aromatic nitrogens is 2. The zero-order valence-corrected chi connectivity index (χ0v) is 10.9. The van der Waals surface area contributed by atoms with Gasteiger partial charge in [0.25, 0.3) is 10.0 Å². The quantitative estimate of drug-likeness (QED) is 0.721. The van der Waals surface area contributed by atoms with Gasteiger partial charge in [-0.05, 0) is 6.92 Å². The summed E-state index contributed by atoms with van der Waals surface area (Å²) in [5.41, 5.74) is 6.76. The molecule has 0 atom stereocenters. The molecular weight excluding hydrogens is 240 g/mol. The second-order valence-corrected chi connectivity index (χ2v) is 5.43. The lowest BCUT2D eigenvalue weighted by Gasteiger charge is -2.17. The third kappa shape index (κ3) is 2.56. The summed E-state index contributed by atoms with van der Waals surface area (Å²) in [6, 6.07) is 0. The van der Waals surface area contributed by atoms with E-state index >= 15 is 0 Å². The number of aromatic amines is 1. The van der Waals surface area contributed by atoms with Crippen LogP contribution in [-0.2, 0) is 16.6 Å². The van der Waals surface area contributed by atoms with Crippen LogP contribution in [0.5, 0.6) is 0 Å². The van der Waals surface area contributed by atoms with Gasteiger partial charge < -0.3 is 5.73 Å². The molecule has 0 unspecified atom stereocenters. The molecule has 0 aliphatic heterocycles. The normalized spacial score (nSPS) is 12.0. The largest absolute Gasteiger partial charge is 0.326 e. The molecule has 3 N–H and O–H groups in total. The van der Waals surface area contributed by atoms with Gasteiger partial charge in [-0.15, -0.1) is 6.58 Å². The average molecular weight is 258 g/mol.